The van der Waals surface area contributed by atoms with Gasteiger partial charge in [-0.15, -0.1) is 0 Å². The fraction of sp³-hybridized carbons (Fsp3) is 0.692. The van der Waals surface area contributed by atoms with E-state index in [0.717, 1.165) is 37.2 Å². The lowest BCUT2D eigenvalue weighted by atomic mass is 9.94. The van der Waals surface area contributed by atoms with Crippen molar-refractivity contribution in [2.24, 2.45) is 5.73 Å². The van der Waals surface area contributed by atoms with Crippen LogP contribution in [0.1, 0.15) is 45.7 Å². The fourth-order valence-electron chi connectivity index (χ4n) is 1.81. The molecule has 1 atom stereocenters. The minimum Gasteiger partial charge on any atom is -0.365 e. The van der Waals surface area contributed by atoms with Gasteiger partial charge in [-0.1, -0.05) is 20.3 Å². The Morgan fingerprint density at radius 3 is 2.71 bits per heavy atom. The molecule has 0 fully saturated rings. The summed E-state index contributed by atoms with van der Waals surface area (Å²) in [4.78, 5) is 8.53. The molecule has 0 radical (unpaired) electrons. The van der Waals surface area contributed by atoms with E-state index in [1.54, 1.807) is 6.33 Å². The Balaban J connectivity index is 2.75. The zero-order valence-corrected chi connectivity index (χ0v) is 11.2. The monoisotopic (exact) mass is 236 g/mol. The third-order valence-corrected chi connectivity index (χ3v) is 3.14. The highest BCUT2D eigenvalue weighted by atomic mass is 15.1. The van der Waals surface area contributed by atoms with E-state index in [4.69, 9.17) is 5.73 Å². The van der Waals surface area contributed by atoms with E-state index in [9.17, 15) is 0 Å². The summed E-state index contributed by atoms with van der Waals surface area (Å²) in [6.07, 6.45) is 5.70. The number of nitrogens with zero attached hydrogens (tertiary/aromatic N) is 2. The van der Waals surface area contributed by atoms with Crippen LogP contribution in [0.2, 0.25) is 0 Å². The molecule has 1 heterocycles. The zero-order chi connectivity index (χ0) is 12.7. The van der Waals surface area contributed by atoms with Gasteiger partial charge in [-0.3, -0.25) is 0 Å². The maximum absolute atomic E-state index is 5.65. The molecule has 1 aromatic heterocycles. The summed E-state index contributed by atoms with van der Waals surface area (Å²) in [5.74, 6) is 0.904. The van der Waals surface area contributed by atoms with Crippen molar-refractivity contribution in [2.75, 3.05) is 11.9 Å². The van der Waals surface area contributed by atoms with Crippen LogP contribution in [0.4, 0.5) is 5.82 Å². The molecule has 17 heavy (non-hydrogen) atoms. The van der Waals surface area contributed by atoms with Gasteiger partial charge in [0.2, 0.25) is 0 Å². The SMILES string of the molecule is CCCc1cc(NC(C)(CC)CCN)ncn1. The molecule has 0 aliphatic rings. The van der Waals surface area contributed by atoms with Crippen LogP contribution in [0.15, 0.2) is 12.4 Å². The number of anilines is 1. The molecule has 0 aliphatic heterocycles. The molecule has 0 amide bonds. The normalized spacial score (nSPS) is 14.4. The maximum Gasteiger partial charge on any atom is 0.130 e. The predicted molar refractivity (Wildman–Crippen MR) is 72.0 cm³/mol. The molecule has 0 saturated carbocycles. The first-order valence-corrected chi connectivity index (χ1v) is 6.42. The Hall–Kier alpha value is -1.16. The lowest BCUT2D eigenvalue weighted by molar-refractivity contribution is 0.461. The lowest BCUT2D eigenvalue weighted by Gasteiger charge is -2.29. The second-order valence-corrected chi connectivity index (χ2v) is 4.72. The molecular weight excluding hydrogens is 212 g/mol. The molecule has 4 nitrogen and oxygen atoms in total. The van der Waals surface area contributed by atoms with Gasteiger partial charge in [-0.05, 0) is 32.7 Å². The van der Waals surface area contributed by atoms with Crippen LogP contribution in [-0.4, -0.2) is 22.1 Å². The highest BCUT2D eigenvalue weighted by Crippen LogP contribution is 2.20. The van der Waals surface area contributed by atoms with E-state index < -0.39 is 0 Å². The molecule has 0 aromatic carbocycles. The van der Waals surface area contributed by atoms with Crippen molar-refractivity contribution in [1.29, 1.82) is 0 Å². The number of nitrogens with two attached hydrogens (primary N) is 1. The summed E-state index contributed by atoms with van der Waals surface area (Å²) < 4.78 is 0. The molecule has 1 rings (SSSR count). The highest BCUT2D eigenvalue weighted by molar-refractivity contribution is 5.38. The Labute approximate surface area is 104 Å². The van der Waals surface area contributed by atoms with Crippen LogP contribution in [0.25, 0.3) is 0 Å². The average molecular weight is 236 g/mol. The first kappa shape index (κ1) is 13.9. The van der Waals surface area contributed by atoms with E-state index in [0.29, 0.717) is 6.54 Å². The van der Waals surface area contributed by atoms with Crippen LogP contribution in [0, 0.1) is 0 Å². The maximum atomic E-state index is 5.65. The fourth-order valence-corrected chi connectivity index (χ4v) is 1.81. The van der Waals surface area contributed by atoms with Crippen molar-refractivity contribution >= 4 is 5.82 Å². The summed E-state index contributed by atoms with van der Waals surface area (Å²) >= 11 is 0. The van der Waals surface area contributed by atoms with Gasteiger partial charge in [0.15, 0.2) is 0 Å². The summed E-state index contributed by atoms with van der Waals surface area (Å²) in [5, 5.41) is 3.47. The molecule has 0 saturated heterocycles. The Morgan fingerprint density at radius 2 is 2.12 bits per heavy atom. The van der Waals surface area contributed by atoms with Crippen molar-refractivity contribution in [2.45, 2.75) is 52.0 Å². The van der Waals surface area contributed by atoms with Gasteiger partial charge in [-0.25, -0.2) is 9.97 Å². The number of hydrogen-bond donors (Lipinski definition) is 2. The smallest absolute Gasteiger partial charge is 0.130 e. The molecule has 3 N–H and O–H groups in total. The van der Waals surface area contributed by atoms with Gasteiger partial charge >= 0.3 is 0 Å². The van der Waals surface area contributed by atoms with Crippen molar-refractivity contribution in [3.8, 4) is 0 Å². The molecule has 0 spiro atoms. The van der Waals surface area contributed by atoms with Gasteiger partial charge in [0.25, 0.3) is 0 Å². The summed E-state index contributed by atoms with van der Waals surface area (Å²) in [6.45, 7) is 7.18. The standard InChI is InChI=1S/C13H24N4/c1-4-6-11-9-12(16-10-15-11)17-13(3,5-2)7-8-14/h9-10H,4-8,14H2,1-3H3,(H,15,16,17). The minimum atomic E-state index is 0.0204. The van der Waals surface area contributed by atoms with Crippen LogP contribution in [0.5, 0.6) is 0 Å². The summed E-state index contributed by atoms with van der Waals surface area (Å²) in [7, 11) is 0. The molecule has 0 aliphatic carbocycles. The third-order valence-electron chi connectivity index (χ3n) is 3.14. The van der Waals surface area contributed by atoms with E-state index in [-0.39, 0.29) is 5.54 Å². The van der Waals surface area contributed by atoms with Crippen LogP contribution in [0.3, 0.4) is 0 Å². The second kappa shape index (κ2) is 6.55. The summed E-state index contributed by atoms with van der Waals surface area (Å²) in [5.41, 5.74) is 6.76. The van der Waals surface area contributed by atoms with E-state index >= 15 is 0 Å². The molecular formula is C13H24N4. The zero-order valence-electron chi connectivity index (χ0n) is 11.2. The highest BCUT2D eigenvalue weighted by Gasteiger charge is 2.21. The van der Waals surface area contributed by atoms with Gasteiger partial charge in [0.05, 0.1) is 0 Å². The molecule has 1 unspecified atom stereocenters. The van der Waals surface area contributed by atoms with Crippen molar-refractivity contribution in [3.05, 3.63) is 18.1 Å². The lowest BCUT2D eigenvalue weighted by Crippen LogP contribution is -2.36. The number of aryl methyl sites for hydroxylation is 1. The Morgan fingerprint density at radius 1 is 1.35 bits per heavy atom. The van der Waals surface area contributed by atoms with Crippen LogP contribution < -0.4 is 11.1 Å². The number of aromatic nitrogens is 2. The largest absolute Gasteiger partial charge is 0.365 e. The first-order chi connectivity index (χ1) is 8.13. The Kier molecular flexibility index (Phi) is 5.35. The average Bonchev–Trinajstić information content (AvgIpc) is 2.30. The Bertz CT molecular complexity index is 340. The molecule has 1 aromatic rings. The number of hydrogen-bond acceptors (Lipinski definition) is 4. The van der Waals surface area contributed by atoms with Crippen molar-refractivity contribution < 1.29 is 0 Å². The summed E-state index contributed by atoms with van der Waals surface area (Å²) in [6, 6.07) is 2.04. The minimum absolute atomic E-state index is 0.0204. The number of nitrogens with one attached hydrogen (secondary N) is 1. The molecule has 0 bridgehead atoms. The van der Waals surface area contributed by atoms with E-state index in [2.05, 4.69) is 36.1 Å². The first-order valence-electron chi connectivity index (χ1n) is 6.42. The van der Waals surface area contributed by atoms with Gasteiger partial charge in [-0.2, -0.15) is 0 Å². The number of rotatable bonds is 7. The third kappa shape index (κ3) is 4.30. The molecule has 4 heteroatoms. The van der Waals surface area contributed by atoms with Crippen LogP contribution in [-0.2, 0) is 6.42 Å². The topological polar surface area (TPSA) is 63.8 Å². The second-order valence-electron chi connectivity index (χ2n) is 4.72. The van der Waals surface area contributed by atoms with Gasteiger partial charge in [0, 0.05) is 17.3 Å². The van der Waals surface area contributed by atoms with E-state index in [1.165, 1.54) is 0 Å². The van der Waals surface area contributed by atoms with Crippen LogP contribution >= 0.6 is 0 Å². The predicted octanol–water partition coefficient (Wildman–Crippen LogP) is 2.36. The molecule has 96 valence electrons. The van der Waals surface area contributed by atoms with E-state index in [1.807, 2.05) is 6.07 Å². The van der Waals surface area contributed by atoms with Gasteiger partial charge < -0.3 is 11.1 Å². The quantitative estimate of drug-likeness (QED) is 0.763. The van der Waals surface area contributed by atoms with Crippen molar-refractivity contribution in [1.82, 2.24) is 9.97 Å². The van der Waals surface area contributed by atoms with Gasteiger partial charge in [0.1, 0.15) is 12.1 Å². The van der Waals surface area contributed by atoms with Crippen molar-refractivity contribution in [3.63, 3.8) is 0 Å².